The van der Waals surface area contributed by atoms with E-state index in [1.165, 1.54) is 0 Å². The average molecular weight is 235 g/mol. The van der Waals surface area contributed by atoms with Crippen LogP contribution in [0.4, 0.5) is 0 Å². The highest BCUT2D eigenvalue weighted by Gasteiger charge is 2.46. The van der Waals surface area contributed by atoms with E-state index in [0.29, 0.717) is 19.4 Å². The molecule has 0 saturated carbocycles. The molecule has 1 aliphatic heterocycles. The molecule has 0 aromatic carbocycles. The summed E-state index contributed by atoms with van der Waals surface area (Å²) in [5, 5.41) is 0. The van der Waals surface area contributed by atoms with Crippen LogP contribution in [-0.2, 0) is 16.0 Å². The molecule has 2 heterocycles. The number of fused-ring (bicyclic) bond motifs is 1. The number of carbonyl (C=O) groups is 1. The fourth-order valence-corrected chi connectivity index (χ4v) is 2.13. The molecule has 0 amide bonds. The molecule has 1 atom stereocenters. The van der Waals surface area contributed by atoms with Gasteiger partial charge in [-0.05, 0) is 26.3 Å². The van der Waals surface area contributed by atoms with Crippen molar-refractivity contribution in [2.75, 3.05) is 6.61 Å². The summed E-state index contributed by atoms with van der Waals surface area (Å²) in [5.41, 5.74) is 1.08. The third-order valence-electron chi connectivity index (χ3n) is 3.21. The van der Waals surface area contributed by atoms with Gasteiger partial charge in [0, 0.05) is 23.9 Å². The Kier molecular flexibility index (Phi) is 3.05. The zero-order valence-corrected chi connectivity index (χ0v) is 10.4. The molecule has 1 aliphatic rings. The topological polar surface area (TPSA) is 48.4 Å². The smallest absolute Gasteiger partial charge is 0.350 e. The lowest BCUT2D eigenvalue weighted by Gasteiger charge is -2.24. The van der Waals surface area contributed by atoms with Crippen LogP contribution in [0.2, 0.25) is 0 Å². The van der Waals surface area contributed by atoms with Gasteiger partial charge in [-0.15, -0.1) is 0 Å². The first-order valence-corrected chi connectivity index (χ1v) is 5.93. The van der Waals surface area contributed by atoms with Gasteiger partial charge in [-0.1, -0.05) is 6.92 Å². The number of aryl methyl sites for hydroxylation is 1. The molecule has 0 saturated heterocycles. The number of hydrogen-bond acceptors (Lipinski definition) is 4. The molecule has 1 unspecified atom stereocenters. The minimum atomic E-state index is -0.855. The highest BCUT2D eigenvalue weighted by Crippen LogP contribution is 2.38. The summed E-state index contributed by atoms with van der Waals surface area (Å²) in [6.07, 6.45) is 2.85. The monoisotopic (exact) mass is 235 g/mol. The largest absolute Gasteiger partial charge is 0.475 e. The van der Waals surface area contributed by atoms with Gasteiger partial charge in [-0.25, -0.2) is 4.79 Å². The number of rotatable bonds is 3. The predicted molar refractivity (Wildman–Crippen MR) is 63.0 cm³/mol. The van der Waals surface area contributed by atoms with Crippen LogP contribution in [-0.4, -0.2) is 23.2 Å². The maximum atomic E-state index is 12.0. The van der Waals surface area contributed by atoms with Gasteiger partial charge < -0.3 is 9.47 Å². The van der Waals surface area contributed by atoms with Gasteiger partial charge in [0.1, 0.15) is 5.75 Å². The number of aromatic nitrogens is 1. The van der Waals surface area contributed by atoms with Gasteiger partial charge in [0.2, 0.25) is 5.60 Å². The number of carbonyl (C=O) groups excluding carboxylic acids is 1. The SMILES string of the molecule is CCOC(=O)C1(CC)Cc2c(ccnc2C)O1. The fourth-order valence-electron chi connectivity index (χ4n) is 2.13. The van der Waals surface area contributed by atoms with E-state index in [1.807, 2.05) is 13.8 Å². The van der Waals surface area contributed by atoms with Crippen LogP contribution in [0, 0.1) is 6.92 Å². The first-order chi connectivity index (χ1) is 8.13. The summed E-state index contributed by atoms with van der Waals surface area (Å²) < 4.78 is 10.9. The first kappa shape index (κ1) is 11.9. The second-order valence-corrected chi connectivity index (χ2v) is 4.22. The standard InChI is InChI=1S/C13H17NO3/c1-4-13(12(15)16-5-2)8-10-9(3)14-7-6-11(10)17-13/h6-7H,4-5,8H2,1-3H3. The lowest BCUT2D eigenvalue weighted by Crippen LogP contribution is -2.44. The van der Waals surface area contributed by atoms with E-state index in [0.717, 1.165) is 17.0 Å². The Hall–Kier alpha value is -1.58. The van der Waals surface area contributed by atoms with Crippen LogP contribution in [0.5, 0.6) is 5.75 Å². The van der Waals surface area contributed by atoms with Crippen molar-refractivity contribution < 1.29 is 14.3 Å². The molecule has 0 fully saturated rings. The summed E-state index contributed by atoms with van der Waals surface area (Å²) in [6, 6.07) is 1.80. The van der Waals surface area contributed by atoms with E-state index < -0.39 is 5.60 Å². The molecule has 2 rings (SSSR count). The predicted octanol–water partition coefficient (Wildman–Crippen LogP) is 2.04. The normalized spacial score (nSPS) is 21.8. The molecular formula is C13H17NO3. The Morgan fingerprint density at radius 1 is 1.59 bits per heavy atom. The molecule has 0 aliphatic carbocycles. The van der Waals surface area contributed by atoms with Crippen molar-refractivity contribution in [3.05, 3.63) is 23.5 Å². The van der Waals surface area contributed by atoms with Crippen molar-refractivity contribution in [1.82, 2.24) is 4.98 Å². The van der Waals surface area contributed by atoms with E-state index in [9.17, 15) is 4.79 Å². The Morgan fingerprint density at radius 2 is 2.35 bits per heavy atom. The van der Waals surface area contributed by atoms with E-state index >= 15 is 0 Å². The molecule has 4 heteroatoms. The van der Waals surface area contributed by atoms with Gasteiger partial charge in [-0.3, -0.25) is 4.98 Å². The highest BCUT2D eigenvalue weighted by atomic mass is 16.6. The Morgan fingerprint density at radius 3 is 2.94 bits per heavy atom. The molecule has 4 nitrogen and oxygen atoms in total. The Balaban J connectivity index is 2.32. The van der Waals surface area contributed by atoms with Gasteiger partial charge >= 0.3 is 5.97 Å². The van der Waals surface area contributed by atoms with Gasteiger partial charge in [0.15, 0.2) is 0 Å². The van der Waals surface area contributed by atoms with Crippen LogP contribution < -0.4 is 4.74 Å². The molecule has 0 spiro atoms. The summed E-state index contributed by atoms with van der Waals surface area (Å²) in [5.74, 6) is 0.477. The lowest BCUT2D eigenvalue weighted by molar-refractivity contribution is -0.160. The van der Waals surface area contributed by atoms with Gasteiger partial charge in [0.05, 0.1) is 6.61 Å². The minimum Gasteiger partial charge on any atom is -0.475 e. The van der Waals surface area contributed by atoms with Crippen molar-refractivity contribution in [3.63, 3.8) is 0 Å². The molecule has 0 radical (unpaired) electrons. The molecule has 0 bridgehead atoms. The first-order valence-electron chi connectivity index (χ1n) is 5.93. The number of nitrogens with zero attached hydrogens (tertiary/aromatic N) is 1. The van der Waals surface area contributed by atoms with Crippen molar-refractivity contribution in [3.8, 4) is 5.75 Å². The van der Waals surface area contributed by atoms with Crippen LogP contribution >= 0.6 is 0 Å². The number of esters is 1. The van der Waals surface area contributed by atoms with Crippen LogP contribution in [0.25, 0.3) is 0 Å². The number of pyridine rings is 1. The van der Waals surface area contributed by atoms with Crippen LogP contribution in [0.1, 0.15) is 31.5 Å². The zero-order valence-electron chi connectivity index (χ0n) is 10.4. The molecule has 0 N–H and O–H groups in total. The second kappa shape index (κ2) is 4.35. The number of ether oxygens (including phenoxy) is 2. The van der Waals surface area contributed by atoms with Crippen LogP contribution in [0.15, 0.2) is 12.3 Å². The van der Waals surface area contributed by atoms with E-state index in [2.05, 4.69) is 4.98 Å². The average Bonchev–Trinajstić information content (AvgIpc) is 2.71. The summed E-state index contributed by atoms with van der Waals surface area (Å²) in [7, 11) is 0. The van der Waals surface area contributed by atoms with Crippen LogP contribution in [0.3, 0.4) is 0 Å². The van der Waals surface area contributed by atoms with Crippen molar-refractivity contribution in [1.29, 1.82) is 0 Å². The fraction of sp³-hybridized carbons (Fsp3) is 0.538. The summed E-state index contributed by atoms with van der Waals surface area (Å²) in [6.45, 7) is 6.04. The Bertz CT molecular complexity index is 444. The third-order valence-corrected chi connectivity index (χ3v) is 3.21. The lowest BCUT2D eigenvalue weighted by atomic mass is 9.94. The molecule has 1 aromatic rings. The summed E-state index contributed by atoms with van der Waals surface area (Å²) in [4.78, 5) is 16.2. The minimum absolute atomic E-state index is 0.280. The molecule has 17 heavy (non-hydrogen) atoms. The zero-order chi connectivity index (χ0) is 12.5. The highest BCUT2D eigenvalue weighted by molar-refractivity contribution is 5.82. The van der Waals surface area contributed by atoms with E-state index in [1.54, 1.807) is 19.2 Å². The summed E-state index contributed by atoms with van der Waals surface area (Å²) >= 11 is 0. The molecule has 92 valence electrons. The Labute approximate surface area is 101 Å². The third kappa shape index (κ3) is 1.88. The van der Waals surface area contributed by atoms with Crippen molar-refractivity contribution in [2.45, 2.75) is 39.2 Å². The maximum Gasteiger partial charge on any atom is 0.350 e. The van der Waals surface area contributed by atoms with E-state index in [-0.39, 0.29) is 5.97 Å². The van der Waals surface area contributed by atoms with E-state index in [4.69, 9.17) is 9.47 Å². The van der Waals surface area contributed by atoms with Gasteiger partial charge in [0.25, 0.3) is 0 Å². The van der Waals surface area contributed by atoms with Gasteiger partial charge in [-0.2, -0.15) is 0 Å². The van der Waals surface area contributed by atoms with Crippen molar-refractivity contribution in [2.24, 2.45) is 0 Å². The number of hydrogen-bond donors (Lipinski definition) is 0. The second-order valence-electron chi connectivity index (χ2n) is 4.22. The van der Waals surface area contributed by atoms with Crippen molar-refractivity contribution >= 4 is 5.97 Å². The quantitative estimate of drug-likeness (QED) is 0.752. The molecule has 1 aromatic heterocycles. The molecular weight excluding hydrogens is 218 g/mol. The maximum absolute atomic E-state index is 12.0.